The summed E-state index contributed by atoms with van der Waals surface area (Å²) in [6.45, 7) is 10.6. The Morgan fingerprint density at radius 3 is 2.87 bits per heavy atom. The Hall–Kier alpha value is -0.560. The van der Waals surface area contributed by atoms with Crippen LogP contribution in [-0.2, 0) is 0 Å². The average Bonchev–Trinajstić information content (AvgIpc) is 2.18. The highest BCUT2D eigenvalue weighted by Crippen LogP contribution is 2.41. The van der Waals surface area contributed by atoms with Crippen LogP contribution in [0.4, 0.5) is 0 Å². The van der Waals surface area contributed by atoms with Gasteiger partial charge < -0.3 is 5.11 Å². The van der Waals surface area contributed by atoms with Gasteiger partial charge in [-0.3, -0.25) is 0 Å². The van der Waals surface area contributed by atoms with Crippen LogP contribution in [0.25, 0.3) is 0 Å². The quantitative estimate of drug-likeness (QED) is 0.698. The van der Waals surface area contributed by atoms with Crippen LogP contribution >= 0.6 is 0 Å². The maximum atomic E-state index is 10.0. The SMILES string of the molecule is C=CCCC(O)C1=CCC(C)C(C)(C)C1. The molecular weight excluding hydrogens is 184 g/mol. The van der Waals surface area contributed by atoms with Gasteiger partial charge in [-0.1, -0.05) is 32.9 Å². The van der Waals surface area contributed by atoms with Gasteiger partial charge in [-0.25, -0.2) is 0 Å². The Balaban J connectivity index is 2.60. The first-order valence-electron chi connectivity index (χ1n) is 5.95. The summed E-state index contributed by atoms with van der Waals surface area (Å²) >= 11 is 0. The molecular formula is C14H24O. The van der Waals surface area contributed by atoms with Crippen molar-refractivity contribution in [3.63, 3.8) is 0 Å². The highest BCUT2D eigenvalue weighted by molar-refractivity contribution is 5.15. The molecule has 2 atom stereocenters. The van der Waals surface area contributed by atoms with E-state index in [9.17, 15) is 5.11 Å². The van der Waals surface area contributed by atoms with E-state index < -0.39 is 0 Å². The summed E-state index contributed by atoms with van der Waals surface area (Å²) in [7, 11) is 0. The molecule has 0 aromatic heterocycles. The van der Waals surface area contributed by atoms with Gasteiger partial charge in [0.1, 0.15) is 0 Å². The van der Waals surface area contributed by atoms with Gasteiger partial charge in [0.05, 0.1) is 6.10 Å². The van der Waals surface area contributed by atoms with Gasteiger partial charge in [-0.15, -0.1) is 6.58 Å². The minimum absolute atomic E-state index is 0.255. The second-order valence-electron chi connectivity index (χ2n) is 5.46. The van der Waals surface area contributed by atoms with Crippen molar-refractivity contribution in [2.75, 3.05) is 0 Å². The Labute approximate surface area is 93.9 Å². The molecule has 0 saturated heterocycles. The minimum atomic E-state index is -0.255. The fourth-order valence-electron chi connectivity index (χ4n) is 2.13. The van der Waals surface area contributed by atoms with Crippen molar-refractivity contribution < 1.29 is 5.11 Å². The van der Waals surface area contributed by atoms with Crippen molar-refractivity contribution in [1.29, 1.82) is 0 Å². The van der Waals surface area contributed by atoms with Crippen molar-refractivity contribution >= 4 is 0 Å². The van der Waals surface area contributed by atoms with E-state index in [1.807, 2.05) is 6.08 Å². The molecule has 0 bridgehead atoms. The average molecular weight is 208 g/mol. The monoisotopic (exact) mass is 208 g/mol. The molecule has 0 aliphatic heterocycles. The zero-order valence-electron chi connectivity index (χ0n) is 10.3. The molecule has 0 saturated carbocycles. The lowest BCUT2D eigenvalue weighted by molar-refractivity contribution is 0.155. The third-order valence-corrected chi connectivity index (χ3v) is 3.80. The summed E-state index contributed by atoms with van der Waals surface area (Å²) in [4.78, 5) is 0. The van der Waals surface area contributed by atoms with Crippen LogP contribution in [0.2, 0.25) is 0 Å². The molecule has 1 rings (SSSR count). The van der Waals surface area contributed by atoms with E-state index in [1.54, 1.807) is 0 Å². The molecule has 15 heavy (non-hydrogen) atoms. The highest BCUT2D eigenvalue weighted by atomic mass is 16.3. The van der Waals surface area contributed by atoms with Crippen LogP contribution in [0.5, 0.6) is 0 Å². The van der Waals surface area contributed by atoms with Gasteiger partial charge in [-0.05, 0) is 42.6 Å². The van der Waals surface area contributed by atoms with E-state index in [-0.39, 0.29) is 6.10 Å². The molecule has 2 unspecified atom stereocenters. The van der Waals surface area contributed by atoms with E-state index in [1.165, 1.54) is 5.57 Å². The molecule has 1 N–H and O–H groups in total. The van der Waals surface area contributed by atoms with Crippen LogP contribution in [0.1, 0.15) is 46.5 Å². The van der Waals surface area contributed by atoms with Gasteiger partial charge in [0.2, 0.25) is 0 Å². The van der Waals surface area contributed by atoms with Gasteiger partial charge in [-0.2, -0.15) is 0 Å². The third-order valence-electron chi connectivity index (χ3n) is 3.80. The number of aliphatic hydroxyl groups excluding tert-OH is 1. The fraction of sp³-hybridized carbons (Fsp3) is 0.714. The first-order chi connectivity index (χ1) is 6.97. The van der Waals surface area contributed by atoms with Crippen molar-refractivity contribution in [2.45, 2.75) is 52.6 Å². The van der Waals surface area contributed by atoms with Gasteiger partial charge >= 0.3 is 0 Å². The predicted molar refractivity (Wildman–Crippen MR) is 65.7 cm³/mol. The first-order valence-corrected chi connectivity index (χ1v) is 5.95. The maximum absolute atomic E-state index is 10.0. The summed E-state index contributed by atoms with van der Waals surface area (Å²) in [5, 5.41) is 10.0. The Morgan fingerprint density at radius 2 is 2.33 bits per heavy atom. The Kier molecular flexibility index (Phi) is 4.15. The van der Waals surface area contributed by atoms with Crippen LogP contribution in [0, 0.1) is 11.3 Å². The van der Waals surface area contributed by atoms with Gasteiger partial charge in [0, 0.05) is 0 Å². The van der Waals surface area contributed by atoms with Crippen molar-refractivity contribution in [2.24, 2.45) is 11.3 Å². The van der Waals surface area contributed by atoms with Gasteiger partial charge in [0.15, 0.2) is 0 Å². The summed E-state index contributed by atoms with van der Waals surface area (Å²) in [6.07, 6.45) is 7.72. The molecule has 0 aromatic carbocycles. The highest BCUT2D eigenvalue weighted by Gasteiger charge is 2.31. The van der Waals surface area contributed by atoms with Crippen molar-refractivity contribution in [1.82, 2.24) is 0 Å². The van der Waals surface area contributed by atoms with Gasteiger partial charge in [0.25, 0.3) is 0 Å². The second-order valence-corrected chi connectivity index (χ2v) is 5.46. The van der Waals surface area contributed by atoms with E-state index in [0.717, 1.165) is 25.7 Å². The zero-order valence-corrected chi connectivity index (χ0v) is 10.3. The van der Waals surface area contributed by atoms with Crippen LogP contribution in [-0.4, -0.2) is 11.2 Å². The topological polar surface area (TPSA) is 20.2 Å². The zero-order chi connectivity index (χ0) is 11.5. The number of rotatable bonds is 4. The molecule has 0 amide bonds. The van der Waals surface area contributed by atoms with Crippen LogP contribution in [0.15, 0.2) is 24.3 Å². The summed E-state index contributed by atoms with van der Waals surface area (Å²) in [5.74, 6) is 0.716. The van der Waals surface area contributed by atoms with Crippen molar-refractivity contribution in [3.8, 4) is 0 Å². The maximum Gasteiger partial charge on any atom is 0.0753 e. The lowest BCUT2D eigenvalue weighted by atomic mass is 9.69. The van der Waals surface area contributed by atoms with E-state index in [4.69, 9.17) is 0 Å². The normalized spacial score (nSPS) is 26.9. The number of aliphatic hydroxyl groups is 1. The minimum Gasteiger partial charge on any atom is -0.389 e. The summed E-state index contributed by atoms with van der Waals surface area (Å²) in [5.41, 5.74) is 1.57. The molecule has 86 valence electrons. The summed E-state index contributed by atoms with van der Waals surface area (Å²) < 4.78 is 0. The predicted octanol–water partition coefficient (Wildman–Crippen LogP) is 3.70. The molecule has 0 spiro atoms. The van der Waals surface area contributed by atoms with Crippen molar-refractivity contribution in [3.05, 3.63) is 24.3 Å². The summed E-state index contributed by atoms with van der Waals surface area (Å²) in [6, 6.07) is 0. The second kappa shape index (κ2) is 4.98. The largest absolute Gasteiger partial charge is 0.389 e. The lowest BCUT2D eigenvalue weighted by Gasteiger charge is -2.37. The lowest BCUT2D eigenvalue weighted by Crippen LogP contribution is -2.28. The Morgan fingerprint density at radius 1 is 1.67 bits per heavy atom. The molecule has 0 fully saturated rings. The number of allylic oxidation sites excluding steroid dienone is 2. The molecule has 1 aliphatic carbocycles. The fourth-order valence-corrected chi connectivity index (χ4v) is 2.13. The number of hydrogen-bond donors (Lipinski definition) is 1. The van der Waals surface area contributed by atoms with E-state index >= 15 is 0 Å². The standard InChI is InChI=1S/C14H24O/c1-5-6-7-13(15)12-9-8-11(2)14(3,4)10-12/h5,9,11,13,15H,1,6-8,10H2,2-4H3. The Bertz CT molecular complexity index is 250. The smallest absolute Gasteiger partial charge is 0.0753 e. The molecule has 0 aromatic rings. The molecule has 1 heteroatoms. The van der Waals surface area contributed by atoms with Crippen LogP contribution in [0.3, 0.4) is 0 Å². The molecule has 1 nitrogen and oxygen atoms in total. The van der Waals surface area contributed by atoms with E-state index in [2.05, 4.69) is 33.4 Å². The molecule has 0 heterocycles. The molecule has 1 aliphatic rings. The van der Waals surface area contributed by atoms with E-state index in [0.29, 0.717) is 11.3 Å². The molecule has 0 radical (unpaired) electrons. The number of hydrogen-bond acceptors (Lipinski definition) is 1. The first kappa shape index (κ1) is 12.5. The van der Waals surface area contributed by atoms with Crippen LogP contribution < -0.4 is 0 Å². The third kappa shape index (κ3) is 3.20.